The minimum absolute atomic E-state index is 0.184. The lowest BCUT2D eigenvalue weighted by Crippen LogP contribution is -2.15. The number of rotatable bonds is 7. The Morgan fingerprint density at radius 1 is 1.04 bits per heavy atom. The van der Waals surface area contributed by atoms with Gasteiger partial charge in [0.25, 0.3) is 5.91 Å². The monoisotopic (exact) mass is 365 g/mol. The molecule has 0 atom stereocenters. The third-order valence-corrected chi connectivity index (χ3v) is 3.73. The lowest BCUT2D eigenvalue weighted by Gasteiger charge is -2.11. The molecule has 2 aromatic heterocycles. The fraction of sp³-hybridized carbons (Fsp3) is 0.158. The van der Waals surface area contributed by atoms with E-state index in [2.05, 4.69) is 25.8 Å². The molecule has 0 saturated heterocycles. The highest BCUT2D eigenvalue weighted by Crippen LogP contribution is 2.29. The normalized spacial score (nSPS) is 10.1. The van der Waals surface area contributed by atoms with Crippen molar-refractivity contribution in [3.05, 3.63) is 66.1 Å². The van der Waals surface area contributed by atoms with Crippen LogP contribution in [0, 0.1) is 0 Å². The molecular weight excluding hydrogens is 346 g/mol. The second-order valence-electron chi connectivity index (χ2n) is 5.50. The molecule has 138 valence electrons. The van der Waals surface area contributed by atoms with E-state index in [1.807, 2.05) is 18.2 Å². The highest BCUT2D eigenvalue weighted by molar-refractivity contribution is 6.03. The number of nitrogens with one attached hydrogen (secondary N) is 2. The van der Waals surface area contributed by atoms with Crippen molar-refractivity contribution in [3.8, 4) is 11.5 Å². The average Bonchev–Trinajstić information content (AvgIpc) is 2.73. The molecule has 0 aliphatic rings. The van der Waals surface area contributed by atoms with E-state index in [0.29, 0.717) is 29.5 Å². The lowest BCUT2D eigenvalue weighted by atomic mass is 10.2. The van der Waals surface area contributed by atoms with E-state index >= 15 is 0 Å². The molecule has 1 amide bonds. The van der Waals surface area contributed by atoms with E-state index in [-0.39, 0.29) is 5.69 Å². The number of nitrogens with zero attached hydrogens (tertiary/aromatic N) is 3. The van der Waals surface area contributed by atoms with Crippen molar-refractivity contribution in [2.24, 2.45) is 0 Å². The molecule has 1 aromatic carbocycles. The summed E-state index contributed by atoms with van der Waals surface area (Å²) >= 11 is 0. The second kappa shape index (κ2) is 8.61. The molecule has 0 bridgehead atoms. The number of benzene rings is 1. The maximum atomic E-state index is 12.4. The van der Waals surface area contributed by atoms with Gasteiger partial charge in [-0.2, -0.15) is 0 Å². The SMILES string of the molecule is COc1ccc(OC)c(NC(=O)c2ccc(NCc3ccccn3)nn2)c1. The zero-order valence-electron chi connectivity index (χ0n) is 15.0. The topological polar surface area (TPSA) is 98.3 Å². The fourth-order valence-electron chi connectivity index (χ4n) is 2.33. The molecular formula is C19H19N5O3. The number of anilines is 2. The summed E-state index contributed by atoms with van der Waals surface area (Å²) in [6, 6.07) is 14.1. The Hall–Kier alpha value is -3.68. The van der Waals surface area contributed by atoms with Crippen LogP contribution in [0.4, 0.5) is 11.5 Å². The number of carbonyl (C=O) groups excluding carboxylic acids is 1. The number of amides is 1. The standard InChI is InChI=1S/C19H19N5O3/c1-26-14-6-8-17(27-2)16(11-14)22-19(25)15-7-9-18(24-23-15)21-12-13-5-3-4-10-20-13/h3-11H,12H2,1-2H3,(H,21,24)(H,22,25). The molecule has 0 fully saturated rings. The van der Waals surface area contributed by atoms with Crippen LogP contribution in [-0.4, -0.2) is 35.3 Å². The number of pyridine rings is 1. The molecule has 0 aliphatic carbocycles. The first-order valence-electron chi connectivity index (χ1n) is 8.20. The zero-order valence-corrected chi connectivity index (χ0v) is 15.0. The minimum Gasteiger partial charge on any atom is -0.497 e. The van der Waals surface area contributed by atoms with Gasteiger partial charge in [0.15, 0.2) is 5.69 Å². The molecule has 0 spiro atoms. The van der Waals surface area contributed by atoms with Gasteiger partial charge in [0, 0.05) is 12.3 Å². The van der Waals surface area contributed by atoms with Gasteiger partial charge < -0.3 is 20.1 Å². The van der Waals surface area contributed by atoms with Gasteiger partial charge in [-0.1, -0.05) is 6.07 Å². The summed E-state index contributed by atoms with van der Waals surface area (Å²) in [5.74, 6) is 1.28. The number of carbonyl (C=O) groups is 1. The van der Waals surface area contributed by atoms with Crippen LogP contribution in [0.5, 0.6) is 11.5 Å². The van der Waals surface area contributed by atoms with Crippen molar-refractivity contribution in [1.82, 2.24) is 15.2 Å². The van der Waals surface area contributed by atoms with E-state index in [1.165, 1.54) is 7.11 Å². The third kappa shape index (κ3) is 4.69. The summed E-state index contributed by atoms with van der Waals surface area (Å²) in [4.78, 5) is 16.7. The van der Waals surface area contributed by atoms with Crippen LogP contribution in [0.1, 0.15) is 16.2 Å². The van der Waals surface area contributed by atoms with E-state index in [0.717, 1.165) is 5.69 Å². The van der Waals surface area contributed by atoms with E-state index in [4.69, 9.17) is 9.47 Å². The Kier molecular flexibility index (Phi) is 5.78. The molecule has 8 nitrogen and oxygen atoms in total. The van der Waals surface area contributed by atoms with Crippen molar-refractivity contribution < 1.29 is 14.3 Å². The largest absolute Gasteiger partial charge is 0.497 e. The van der Waals surface area contributed by atoms with Gasteiger partial charge in [0.1, 0.15) is 17.3 Å². The first-order valence-corrected chi connectivity index (χ1v) is 8.20. The molecule has 27 heavy (non-hydrogen) atoms. The first-order chi connectivity index (χ1) is 13.2. The predicted molar refractivity (Wildman–Crippen MR) is 101 cm³/mol. The van der Waals surface area contributed by atoms with Gasteiger partial charge in [-0.15, -0.1) is 10.2 Å². The van der Waals surface area contributed by atoms with Crippen LogP contribution in [-0.2, 0) is 6.54 Å². The Morgan fingerprint density at radius 3 is 2.59 bits per heavy atom. The van der Waals surface area contributed by atoms with Crippen molar-refractivity contribution in [2.45, 2.75) is 6.54 Å². The molecule has 0 radical (unpaired) electrons. The van der Waals surface area contributed by atoms with Crippen molar-refractivity contribution in [1.29, 1.82) is 0 Å². The van der Waals surface area contributed by atoms with Gasteiger partial charge in [0.2, 0.25) is 0 Å². The first kappa shape index (κ1) is 18.1. The fourth-order valence-corrected chi connectivity index (χ4v) is 2.33. The molecule has 3 aromatic rings. The molecule has 0 unspecified atom stereocenters. The number of hydrogen-bond acceptors (Lipinski definition) is 7. The minimum atomic E-state index is -0.398. The highest BCUT2D eigenvalue weighted by atomic mass is 16.5. The summed E-state index contributed by atoms with van der Waals surface area (Å²) in [7, 11) is 3.08. The summed E-state index contributed by atoms with van der Waals surface area (Å²) < 4.78 is 10.4. The van der Waals surface area contributed by atoms with Crippen LogP contribution in [0.2, 0.25) is 0 Å². The second-order valence-corrected chi connectivity index (χ2v) is 5.50. The van der Waals surface area contributed by atoms with Gasteiger partial charge in [-0.3, -0.25) is 9.78 Å². The average molecular weight is 365 g/mol. The Bertz CT molecular complexity index is 901. The Labute approximate surface area is 156 Å². The van der Waals surface area contributed by atoms with Gasteiger partial charge in [0.05, 0.1) is 32.1 Å². The van der Waals surface area contributed by atoms with E-state index in [1.54, 1.807) is 43.6 Å². The summed E-state index contributed by atoms with van der Waals surface area (Å²) in [6.45, 7) is 0.516. The predicted octanol–water partition coefficient (Wildman–Crippen LogP) is 2.75. The van der Waals surface area contributed by atoms with E-state index < -0.39 is 5.91 Å². The van der Waals surface area contributed by atoms with Gasteiger partial charge in [-0.25, -0.2) is 0 Å². The Morgan fingerprint density at radius 2 is 1.93 bits per heavy atom. The smallest absolute Gasteiger partial charge is 0.276 e. The maximum absolute atomic E-state index is 12.4. The number of hydrogen-bond donors (Lipinski definition) is 2. The van der Waals surface area contributed by atoms with Gasteiger partial charge >= 0.3 is 0 Å². The van der Waals surface area contributed by atoms with Crippen LogP contribution < -0.4 is 20.1 Å². The molecule has 0 aliphatic heterocycles. The highest BCUT2D eigenvalue weighted by Gasteiger charge is 2.13. The summed E-state index contributed by atoms with van der Waals surface area (Å²) in [5, 5.41) is 13.9. The van der Waals surface area contributed by atoms with Crippen LogP contribution in [0.25, 0.3) is 0 Å². The summed E-state index contributed by atoms with van der Waals surface area (Å²) in [6.07, 6.45) is 1.73. The molecule has 2 N–H and O–H groups in total. The number of ether oxygens (including phenoxy) is 2. The number of methoxy groups -OCH3 is 2. The molecule has 3 rings (SSSR count). The van der Waals surface area contributed by atoms with Crippen LogP contribution >= 0.6 is 0 Å². The zero-order chi connectivity index (χ0) is 19.1. The maximum Gasteiger partial charge on any atom is 0.276 e. The summed E-state index contributed by atoms with van der Waals surface area (Å²) in [5.41, 5.74) is 1.55. The van der Waals surface area contributed by atoms with Crippen LogP contribution in [0.15, 0.2) is 54.7 Å². The van der Waals surface area contributed by atoms with E-state index in [9.17, 15) is 4.79 Å². The molecule has 8 heteroatoms. The van der Waals surface area contributed by atoms with Crippen molar-refractivity contribution >= 4 is 17.4 Å². The third-order valence-electron chi connectivity index (χ3n) is 3.73. The molecule has 2 heterocycles. The van der Waals surface area contributed by atoms with Gasteiger partial charge in [-0.05, 0) is 36.4 Å². The molecule has 0 saturated carbocycles. The van der Waals surface area contributed by atoms with Crippen molar-refractivity contribution in [2.75, 3.05) is 24.9 Å². The van der Waals surface area contributed by atoms with Crippen LogP contribution in [0.3, 0.4) is 0 Å². The Balaban J connectivity index is 1.65. The van der Waals surface area contributed by atoms with Crippen molar-refractivity contribution in [3.63, 3.8) is 0 Å². The lowest BCUT2D eigenvalue weighted by molar-refractivity contribution is 0.102. The quantitative estimate of drug-likeness (QED) is 0.664. The number of aromatic nitrogens is 3.